The van der Waals surface area contributed by atoms with E-state index in [0.29, 0.717) is 0 Å². The summed E-state index contributed by atoms with van der Waals surface area (Å²) in [7, 11) is 0. The summed E-state index contributed by atoms with van der Waals surface area (Å²) in [6.07, 6.45) is -0.417. The second-order valence-electron chi connectivity index (χ2n) is 0.849. The third-order valence-corrected chi connectivity index (χ3v) is 0. The Morgan fingerprint density at radius 2 is 1.80 bits per heavy atom. The van der Waals surface area contributed by atoms with Gasteiger partial charge in [-0.2, -0.15) is 0 Å². The van der Waals surface area contributed by atoms with E-state index < -0.39 is 6.10 Å². The summed E-state index contributed by atoms with van der Waals surface area (Å²) in [4.78, 5) is 0. The van der Waals surface area contributed by atoms with Crippen molar-refractivity contribution >= 4 is 0 Å². The molecule has 0 aromatic rings. The third kappa shape index (κ3) is 2260. The van der Waals surface area contributed by atoms with E-state index in [1.54, 1.807) is 6.92 Å². The van der Waals surface area contributed by atoms with Crippen LogP contribution in [-0.4, -0.2) is 11.2 Å². The van der Waals surface area contributed by atoms with E-state index in [9.17, 15) is 0 Å². The Morgan fingerprint density at radius 1 is 1.80 bits per heavy atom. The van der Waals surface area contributed by atoms with Gasteiger partial charge in [-0.1, -0.05) is 0 Å². The molecule has 0 aromatic carbocycles. The highest BCUT2D eigenvalue weighted by Crippen LogP contribution is 1.63. The molecule has 33 valence electrons. The van der Waals surface area contributed by atoms with Crippen LogP contribution in [0.25, 0.3) is 0 Å². The van der Waals surface area contributed by atoms with Crippen molar-refractivity contribution in [2.45, 2.75) is 13.0 Å². The van der Waals surface area contributed by atoms with Crippen LogP contribution in [0.3, 0.4) is 0 Å². The Kier molecular flexibility index (Phi) is 6.95. The summed E-state index contributed by atoms with van der Waals surface area (Å²) < 4.78 is 0. The predicted octanol–water partition coefficient (Wildman–Crippen LogP) is 0.363. The summed E-state index contributed by atoms with van der Waals surface area (Å²) in [6.45, 7) is 4.81. The summed E-state index contributed by atoms with van der Waals surface area (Å²) >= 11 is 0. The van der Waals surface area contributed by atoms with E-state index in [2.05, 4.69) is 6.92 Å². The molecule has 0 rings (SSSR count). The summed E-state index contributed by atoms with van der Waals surface area (Å²) in [5.41, 5.74) is 0. The van der Waals surface area contributed by atoms with Crippen molar-refractivity contribution < 1.29 is 5.11 Å². The van der Waals surface area contributed by atoms with E-state index in [4.69, 9.17) is 5.11 Å². The highest BCUT2D eigenvalue weighted by atomic mass is 16.3. The van der Waals surface area contributed by atoms with Crippen molar-refractivity contribution in [3.05, 3.63) is 6.92 Å². The van der Waals surface area contributed by atoms with Crippen LogP contribution in [0.1, 0.15) is 6.92 Å². The molecule has 2 nitrogen and oxygen atoms in total. The first-order valence-electron chi connectivity index (χ1n) is 1.24. The van der Waals surface area contributed by atoms with Gasteiger partial charge in [0.1, 0.15) is 0 Å². The predicted molar refractivity (Wildman–Crippen MR) is 22.1 cm³/mol. The summed E-state index contributed by atoms with van der Waals surface area (Å²) in [5, 5.41) is 7.94. The molecule has 0 saturated heterocycles. The van der Waals surface area contributed by atoms with Crippen LogP contribution >= 0.6 is 0 Å². The van der Waals surface area contributed by atoms with Gasteiger partial charge in [0.2, 0.25) is 0 Å². The minimum Gasteiger partial charge on any atom is -0.393 e. The topological polar surface area (TPSA) is 55.2 Å². The first kappa shape index (κ1) is 8.87. The van der Waals surface area contributed by atoms with Gasteiger partial charge < -0.3 is 11.3 Å². The van der Waals surface area contributed by atoms with Crippen LogP contribution in [-0.2, 0) is 0 Å². The van der Waals surface area contributed by atoms with Gasteiger partial charge in [-0.15, -0.1) is 0 Å². The molecule has 0 heterocycles. The molecular formula is C3H10NO. The fourth-order valence-corrected chi connectivity index (χ4v) is 0. The van der Waals surface area contributed by atoms with E-state index in [1.165, 1.54) is 0 Å². The van der Waals surface area contributed by atoms with E-state index in [1.807, 2.05) is 0 Å². The maximum absolute atomic E-state index is 7.94. The molecule has 0 bridgehead atoms. The van der Waals surface area contributed by atoms with Gasteiger partial charge in [0.05, 0.1) is 6.10 Å². The maximum Gasteiger partial charge on any atom is 0.0513 e. The highest BCUT2D eigenvalue weighted by molar-refractivity contribution is 4.40. The largest absolute Gasteiger partial charge is 0.393 e. The van der Waals surface area contributed by atoms with Crippen molar-refractivity contribution in [1.29, 1.82) is 0 Å². The van der Waals surface area contributed by atoms with E-state index >= 15 is 0 Å². The number of hydrogen-bond acceptors (Lipinski definition) is 2. The average molecular weight is 76.1 g/mol. The molecule has 0 fully saturated rings. The van der Waals surface area contributed by atoms with Crippen molar-refractivity contribution in [3.63, 3.8) is 0 Å². The van der Waals surface area contributed by atoms with Gasteiger partial charge in [-0.3, -0.25) is 0 Å². The van der Waals surface area contributed by atoms with Crippen LogP contribution in [0.5, 0.6) is 0 Å². The molecule has 1 atom stereocenters. The highest BCUT2D eigenvalue weighted by Gasteiger charge is 1.69. The molecule has 0 saturated carbocycles. The molecular weight excluding hydrogens is 66.0 g/mol. The van der Waals surface area contributed by atoms with Gasteiger partial charge in [-0.25, -0.2) is 0 Å². The molecule has 0 aromatic heterocycles. The minimum absolute atomic E-state index is 0. The van der Waals surface area contributed by atoms with Crippen molar-refractivity contribution in [2.75, 3.05) is 0 Å². The molecule has 0 aliphatic rings. The van der Waals surface area contributed by atoms with Gasteiger partial charge in [0, 0.05) is 0 Å². The van der Waals surface area contributed by atoms with E-state index in [-0.39, 0.29) is 6.15 Å². The van der Waals surface area contributed by atoms with Crippen LogP contribution < -0.4 is 6.15 Å². The molecule has 0 aliphatic carbocycles. The Labute approximate surface area is 32.4 Å². The Morgan fingerprint density at radius 3 is 1.80 bits per heavy atom. The van der Waals surface area contributed by atoms with Crippen LogP contribution in [0.4, 0.5) is 0 Å². The second-order valence-corrected chi connectivity index (χ2v) is 0.849. The quantitative estimate of drug-likeness (QED) is 0.437. The standard InChI is InChI=1S/C3H7O.H3N/c1-3(2)4;/h3-4H,1H2,2H3;1H3. The van der Waals surface area contributed by atoms with Gasteiger partial charge in [-0.05, 0) is 13.8 Å². The van der Waals surface area contributed by atoms with Gasteiger partial charge >= 0.3 is 0 Å². The lowest BCUT2D eigenvalue weighted by molar-refractivity contribution is 0.241. The van der Waals surface area contributed by atoms with Crippen molar-refractivity contribution in [3.8, 4) is 0 Å². The fourth-order valence-electron chi connectivity index (χ4n) is 0. The molecule has 5 heavy (non-hydrogen) atoms. The Bertz CT molecular complexity index is 11.6. The second kappa shape index (κ2) is 3.92. The van der Waals surface area contributed by atoms with Crippen LogP contribution in [0.15, 0.2) is 0 Å². The lowest BCUT2D eigenvalue weighted by atomic mass is 10.5. The molecule has 0 aliphatic heterocycles. The first-order chi connectivity index (χ1) is 1.73. The zero-order valence-electron chi connectivity index (χ0n) is 3.44. The maximum atomic E-state index is 7.94. The summed E-state index contributed by atoms with van der Waals surface area (Å²) in [6, 6.07) is 0. The number of hydrogen-bond donors (Lipinski definition) is 2. The molecule has 1 radical (unpaired) electrons. The average Bonchev–Trinajstić information content (AvgIpc) is 0.811. The van der Waals surface area contributed by atoms with Crippen molar-refractivity contribution in [2.24, 2.45) is 0 Å². The Balaban J connectivity index is 0. The summed E-state index contributed by atoms with van der Waals surface area (Å²) in [5.74, 6) is 0. The molecule has 4 N–H and O–H groups in total. The third-order valence-electron chi connectivity index (χ3n) is 0. The monoisotopic (exact) mass is 76.1 g/mol. The van der Waals surface area contributed by atoms with Crippen LogP contribution in [0.2, 0.25) is 0 Å². The molecule has 0 amide bonds. The number of rotatable bonds is 0. The zero-order chi connectivity index (χ0) is 3.58. The van der Waals surface area contributed by atoms with Crippen LogP contribution in [0, 0.1) is 6.92 Å². The Hall–Kier alpha value is -0.0800. The number of aliphatic hydroxyl groups excluding tert-OH is 1. The minimum atomic E-state index is -0.417. The fraction of sp³-hybridized carbons (Fsp3) is 0.667. The SMILES string of the molecule is N.[CH2]C(C)O. The lowest BCUT2D eigenvalue weighted by Gasteiger charge is -1.79. The van der Waals surface area contributed by atoms with E-state index in [0.717, 1.165) is 0 Å². The lowest BCUT2D eigenvalue weighted by Crippen LogP contribution is -1.86. The molecule has 1 unspecified atom stereocenters. The first-order valence-corrected chi connectivity index (χ1v) is 1.24. The van der Waals surface area contributed by atoms with Gasteiger partial charge in [0.15, 0.2) is 0 Å². The normalized spacial score (nSPS) is 7.20. The smallest absolute Gasteiger partial charge is 0.0513 e. The van der Waals surface area contributed by atoms with Gasteiger partial charge in [0.25, 0.3) is 0 Å². The number of aliphatic hydroxyl groups is 1. The molecule has 2 heteroatoms. The molecule has 0 spiro atoms. The zero-order valence-corrected chi connectivity index (χ0v) is 3.44. The van der Waals surface area contributed by atoms with Crippen molar-refractivity contribution in [1.82, 2.24) is 6.15 Å².